The van der Waals surface area contributed by atoms with E-state index < -0.39 is 5.97 Å². The van der Waals surface area contributed by atoms with E-state index in [1.165, 1.54) is 0 Å². The summed E-state index contributed by atoms with van der Waals surface area (Å²) in [4.78, 5) is 12.4. The van der Waals surface area contributed by atoms with Crippen LogP contribution in [0.15, 0.2) is 18.7 Å². The summed E-state index contributed by atoms with van der Waals surface area (Å²) in [5, 5.41) is 9.49. The third-order valence-electron chi connectivity index (χ3n) is 1.42. The van der Waals surface area contributed by atoms with Crippen LogP contribution in [-0.2, 0) is 11.3 Å². The first kappa shape index (κ1) is 11.7. The molecule has 1 N–H and O–H groups in total. The van der Waals surface area contributed by atoms with Gasteiger partial charge in [-0.25, -0.2) is 4.57 Å². The summed E-state index contributed by atoms with van der Waals surface area (Å²) in [6.45, 7) is 4.95. The first-order valence-electron chi connectivity index (χ1n) is 4.42. The second-order valence-corrected chi connectivity index (χ2v) is 2.56. The Morgan fingerprint density at radius 3 is 2.38 bits per heavy atom. The molecule has 0 fully saturated rings. The van der Waals surface area contributed by atoms with Gasteiger partial charge >= 0.3 is 0 Å². The second kappa shape index (κ2) is 7.34. The lowest BCUT2D eigenvalue weighted by Gasteiger charge is -1.92. The van der Waals surface area contributed by atoms with Gasteiger partial charge in [0, 0.05) is 5.97 Å². The number of carboxylic acids is 1. The molecule has 1 aromatic heterocycles. The predicted molar refractivity (Wildman–Crippen MR) is 46.6 cm³/mol. The number of rotatable bonds is 3. The minimum absolute atomic E-state index is 0.181. The summed E-state index contributed by atoms with van der Waals surface area (Å²) in [7, 11) is 0. The van der Waals surface area contributed by atoms with Crippen LogP contribution in [0.25, 0.3) is 0 Å². The Kier molecular flexibility index (Phi) is 6.59. The van der Waals surface area contributed by atoms with Crippen LogP contribution in [0.2, 0.25) is 0 Å². The highest BCUT2D eigenvalue weighted by Crippen LogP contribution is 1.79. The number of hydrogen-bond donors (Lipinski definition) is 1. The van der Waals surface area contributed by atoms with Gasteiger partial charge in [-0.1, -0.05) is 13.3 Å². The number of carbonyl (C=O) groups excluding carboxylic acids is 1. The Labute approximate surface area is 78.2 Å². The Hall–Kier alpha value is -1.32. The number of nitrogens with one attached hydrogen (secondary N) is 1. The fraction of sp³-hybridized carbons (Fsp3) is 0.556. The van der Waals surface area contributed by atoms with Crippen molar-refractivity contribution < 1.29 is 14.5 Å². The normalized spacial score (nSPS) is 8.77. The number of aromatic nitrogens is 2. The first-order valence-corrected chi connectivity index (χ1v) is 4.42. The Morgan fingerprint density at radius 2 is 2.23 bits per heavy atom. The molecule has 1 aromatic rings. The molecule has 0 aliphatic carbocycles. The number of H-pyrrole nitrogens is 1. The van der Waals surface area contributed by atoms with Crippen molar-refractivity contribution in [2.75, 3.05) is 0 Å². The average Bonchev–Trinajstić information content (AvgIpc) is 2.56. The monoisotopic (exact) mass is 184 g/mol. The van der Waals surface area contributed by atoms with Crippen LogP contribution in [0.1, 0.15) is 26.7 Å². The Balaban J connectivity index is 0.000000226. The highest BCUT2D eigenvalue weighted by Gasteiger charge is 1.85. The molecular weight excluding hydrogens is 168 g/mol. The van der Waals surface area contributed by atoms with Gasteiger partial charge in [0.25, 0.3) is 0 Å². The van der Waals surface area contributed by atoms with Crippen molar-refractivity contribution in [3.63, 3.8) is 0 Å². The van der Waals surface area contributed by atoms with Crippen LogP contribution in [0.3, 0.4) is 0 Å². The smallest absolute Gasteiger partial charge is 0.241 e. The van der Waals surface area contributed by atoms with E-state index >= 15 is 0 Å². The van der Waals surface area contributed by atoms with E-state index in [9.17, 15) is 9.90 Å². The third kappa shape index (κ3) is 7.05. The van der Waals surface area contributed by atoms with E-state index in [-0.39, 0.29) is 6.42 Å². The molecule has 0 aliphatic heterocycles. The molecule has 74 valence electrons. The van der Waals surface area contributed by atoms with Crippen molar-refractivity contribution in [2.24, 2.45) is 0 Å². The lowest BCUT2D eigenvalue weighted by molar-refractivity contribution is -0.692. The van der Waals surface area contributed by atoms with Gasteiger partial charge in [0.05, 0.1) is 6.54 Å². The average molecular weight is 184 g/mol. The number of imidazole rings is 1. The predicted octanol–water partition coefficient (Wildman–Crippen LogP) is -0.141. The minimum Gasteiger partial charge on any atom is -0.550 e. The highest BCUT2D eigenvalue weighted by atomic mass is 16.4. The Bertz CT molecular complexity index is 220. The molecule has 0 unspecified atom stereocenters. The van der Waals surface area contributed by atoms with E-state index in [2.05, 4.69) is 16.5 Å². The van der Waals surface area contributed by atoms with Crippen LogP contribution in [-0.4, -0.2) is 11.0 Å². The zero-order chi connectivity index (χ0) is 10.1. The first-order chi connectivity index (χ1) is 6.20. The third-order valence-corrected chi connectivity index (χ3v) is 1.42. The van der Waals surface area contributed by atoms with Crippen LogP contribution >= 0.6 is 0 Å². The number of hydrogen-bond acceptors (Lipinski definition) is 2. The van der Waals surface area contributed by atoms with Crippen molar-refractivity contribution in [1.82, 2.24) is 4.98 Å². The van der Waals surface area contributed by atoms with E-state index in [0.29, 0.717) is 6.42 Å². The van der Waals surface area contributed by atoms with Gasteiger partial charge in [0.1, 0.15) is 12.4 Å². The van der Waals surface area contributed by atoms with Gasteiger partial charge in [0.2, 0.25) is 6.33 Å². The maximum absolute atomic E-state index is 9.49. The molecule has 0 saturated heterocycles. The maximum Gasteiger partial charge on any atom is 0.241 e. The summed E-state index contributed by atoms with van der Waals surface area (Å²) < 4.78 is 2.07. The Morgan fingerprint density at radius 1 is 1.54 bits per heavy atom. The molecule has 0 bridgehead atoms. The lowest BCUT2D eigenvalue weighted by Crippen LogP contribution is -2.27. The fourth-order valence-corrected chi connectivity index (χ4v) is 0.721. The number of carbonyl (C=O) groups is 1. The van der Waals surface area contributed by atoms with Gasteiger partial charge in [-0.2, -0.15) is 0 Å². The standard InChI is InChI=1S/C5H8N2.C4H8O2/c1-2-7-4-3-6-5-7;1-2-3-4(5)6/h3-5H,2H2,1H3;2-3H2,1H3,(H,5,6). The maximum atomic E-state index is 9.49. The van der Waals surface area contributed by atoms with Gasteiger partial charge in [-0.15, -0.1) is 0 Å². The van der Waals surface area contributed by atoms with Crippen LogP contribution in [0.4, 0.5) is 0 Å². The quantitative estimate of drug-likeness (QED) is 0.664. The van der Waals surface area contributed by atoms with Crippen LogP contribution in [0, 0.1) is 0 Å². The minimum atomic E-state index is -0.961. The molecular formula is C9H16N2O2. The van der Waals surface area contributed by atoms with Crippen molar-refractivity contribution in [3.05, 3.63) is 18.7 Å². The fourth-order valence-electron chi connectivity index (χ4n) is 0.721. The second-order valence-electron chi connectivity index (χ2n) is 2.56. The van der Waals surface area contributed by atoms with E-state index in [0.717, 1.165) is 6.54 Å². The van der Waals surface area contributed by atoms with Gasteiger partial charge < -0.3 is 9.90 Å². The number of carboxylic acid groups (broad SMARTS) is 1. The summed E-state index contributed by atoms with van der Waals surface area (Å²) in [5.74, 6) is -0.961. The lowest BCUT2D eigenvalue weighted by atomic mass is 10.4. The van der Waals surface area contributed by atoms with E-state index in [4.69, 9.17) is 0 Å². The molecule has 13 heavy (non-hydrogen) atoms. The largest absolute Gasteiger partial charge is 0.550 e. The van der Waals surface area contributed by atoms with Crippen molar-refractivity contribution in [1.29, 1.82) is 0 Å². The van der Waals surface area contributed by atoms with E-state index in [1.54, 1.807) is 6.92 Å². The SMILES string of the molecule is CCCC(=O)[O-].CC[n+]1cc[nH]c1. The van der Waals surface area contributed by atoms with E-state index in [1.807, 2.05) is 18.7 Å². The molecule has 0 aromatic carbocycles. The van der Waals surface area contributed by atoms with Gasteiger partial charge in [-0.05, 0) is 13.3 Å². The molecule has 4 nitrogen and oxygen atoms in total. The van der Waals surface area contributed by atoms with Gasteiger partial charge in [-0.3, -0.25) is 4.98 Å². The molecule has 1 rings (SSSR count). The molecule has 0 aliphatic rings. The summed E-state index contributed by atoms with van der Waals surface area (Å²) in [6.07, 6.45) is 6.69. The molecule has 0 radical (unpaired) electrons. The topological polar surface area (TPSA) is 59.8 Å². The molecule has 4 heteroatoms. The van der Waals surface area contributed by atoms with Crippen molar-refractivity contribution in [2.45, 2.75) is 33.2 Å². The zero-order valence-electron chi connectivity index (χ0n) is 8.12. The number of aryl methyl sites for hydroxylation is 1. The molecule has 0 spiro atoms. The number of nitrogens with zero attached hydrogens (tertiary/aromatic N) is 1. The van der Waals surface area contributed by atoms with Gasteiger partial charge in [0.15, 0.2) is 0 Å². The van der Waals surface area contributed by atoms with Crippen molar-refractivity contribution >= 4 is 5.97 Å². The molecule has 0 atom stereocenters. The molecule has 1 heterocycles. The highest BCUT2D eigenvalue weighted by molar-refractivity contribution is 5.63. The number of aliphatic carboxylic acids is 1. The molecule has 0 amide bonds. The van der Waals surface area contributed by atoms with Crippen molar-refractivity contribution in [3.8, 4) is 0 Å². The number of aromatic amines is 1. The summed E-state index contributed by atoms with van der Waals surface area (Å²) in [5.41, 5.74) is 0. The van der Waals surface area contributed by atoms with Crippen LogP contribution < -0.4 is 9.67 Å². The molecule has 0 saturated carbocycles. The summed E-state index contributed by atoms with van der Waals surface area (Å²) in [6, 6.07) is 0. The summed E-state index contributed by atoms with van der Waals surface area (Å²) >= 11 is 0. The van der Waals surface area contributed by atoms with Crippen LogP contribution in [0.5, 0.6) is 0 Å². The zero-order valence-corrected chi connectivity index (χ0v) is 8.12.